The SMILES string of the molecule is COc1cc(NC(=O)CCC2CCCN(C(=O)c3ccc(C)[nH]c3=O)C2)cc(OC)c1. The standard InChI is InChI=1S/C23H29N3O5/c1-15-6-8-20(22(28)24-15)23(29)26-10-4-5-16(14-26)7-9-21(27)25-17-11-18(30-2)13-19(12-17)31-3/h6,8,11-13,16H,4-5,7,9-10,14H2,1-3H3,(H,24,28)(H,25,27). The third kappa shape index (κ3) is 5.87. The summed E-state index contributed by atoms with van der Waals surface area (Å²) in [5.41, 5.74) is 1.13. The van der Waals surface area contributed by atoms with Crippen LogP contribution in [-0.4, -0.2) is 49.0 Å². The summed E-state index contributed by atoms with van der Waals surface area (Å²) >= 11 is 0. The molecule has 0 radical (unpaired) electrons. The van der Waals surface area contributed by atoms with Crippen LogP contribution in [0.5, 0.6) is 11.5 Å². The molecule has 3 rings (SSSR count). The number of anilines is 1. The number of piperidine rings is 1. The molecule has 8 heteroatoms. The van der Waals surface area contributed by atoms with Crippen molar-refractivity contribution in [3.63, 3.8) is 0 Å². The molecule has 0 saturated carbocycles. The lowest BCUT2D eigenvalue weighted by atomic mass is 9.93. The Labute approximate surface area is 181 Å². The van der Waals surface area contributed by atoms with Gasteiger partial charge in [0.2, 0.25) is 5.91 Å². The Kier molecular flexibility index (Phi) is 7.33. The molecule has 8 nitrogen and oxygen atoms in total. The molecule has 0 spiro atoms. The predicted molar refractivity (Wildman–Crippen MR) is 118 cm³/mol. The first-order valence-electron chi connectivity index (χ1n) is 10.4. The number of carbonyl (C=O) groups excluding carboxylic acids is 2. The molecule has 2 N–H and O–H groups in total. The van der Waals surface area contributed by atoms with Gasteiger partial charge in [0, 0.05) is 49.1 Å². The van der Waals surface area contributed by atoms with E-state index >= 15 is 0 Å². The van der Waals surface area contributed by atoms with Crippen LogP contribution in [0, 0.1) is 12.8 Å². The highest BCUT2D eigenvalue weighted by Crippen LogP contribution is 2.27. The van der Waals surface area contributed by atoms with Crippen LogP contribution in [0.4, 0.5) is 5.69 Å². The van der Waals surface area contributed by atoms with E-state index in [2.05, 4.69) is 10.3 Å². The number of likely N-dealkylation sites (tertiary alicyclic amines) is 1. The topological polar surface area (TPSA) is 101 Å². The first kappa shape index (κ1) is 22.4. The number of H-pyrrole nitrogens is 1. The zero-order valence-corrected chi connectivity index (χ0v) is 18.2. The molecule has 1 aromatic carbocycles. The molecule has 1 saturated heterocycles. The maximum atomic E-state index is 12.8. The van der Waals surface area contributed by atoms with Crippen LogP contribution >= 0.6 is 0 Å². The molecule has 0 bridgehead atoms. The van der Waals surface area contributed by atoms with Gasteiger partial charge in [-0.15, -0.1) is 0 Å². The number of rotatable bonds is 7. The number of amides is 2. The number of nitrogens with one attached hydrogen (secondary N) is 2. The van der Waals surface area contributed by atoms with Gasteiger partial charge in [-0.05, 0) is 44.2 Å². The fourth-order valence-corrected chi connectivity index (χ4v) is 3.83. The summed E-state index contributed by atoms with van der Waals surface area (Å²) in [5.74, 6) is 1.06. The largest absolute Gasteiger partial charge is 0.497 e. The van der Waals surface area contributed by atoms with E-state index in [4.69, 9.17) is 9.47 Å². The van der Waals surface area contributed by atoms with Gasteiger partial charge in [-0.25, -0.2) is 0 Å². The maximum Gasteiger partial charge on any atom is 0.260 e. The molecule has 31 heavy (non-hydrogen) atoms. The zero-order valence-electron chi connectivity index (χ0n) is 18.2. The predicted octanol–water partition coefficient (Wildman–Crippen LogP) is 2.97. The second-order valence-electron chi connectivity index (χ2n) is 7.83. The van der Waals surface area contributed by atoms with E-state index in [1.807, 2.05) is 0 Å². The van der Waals surface area contributed by atoms with Gasteiger partial charge < -0.3 is 24.7 Å². The Hall–Kier alpha value is -3.29. The lowest BCUT2D eigenvalue weighted by molar-refractivity contribution is -0.116. The van der Waals surface area contributed by atoms with E-state index in [1.165, 1.54) is 0 Å². The minimum Gasteiger partial charge on any atom is -0.497 e. The third-order valence-corrected chi connectivity index (χ3v) is 5.51. The van der Waals surface area contributed by atoms with Gasteiger partial charge in [0.15, 0.2) is 0 Å². The van der Waals surface area contributed by atoms with Gasteiger partial charge in [0.25, 0.3) is 11.5 Å². The molecule has 1 aliphatic heterocycles. The van der Waals surface area contributed by atoms with Crippen LogP contribution in [0.15, 0.2) is 35.1 Å². The second kappa shape index (κ2) is 10.1. The average Bonchev–Trinajstić information content (AvgIpc) is 2.77. The summed E-state index contributed by atoms with van der Waals surface area (Å²) in [4.78, 5) is 41.7. The number of hydrogen-bond donors (Lipinski definition) is 2. The van der Waals surface area contributed by atoms with Gasteiger partial charge >= 0.3 is 0 Å². The highest BCUT2D eigenvalue weighted by atomic mass is 16.5. The Morgan fingerprint density at radius 3 is 2.52 bits per heavy atom. The number of methoxy groups -OCH3 is 2. The maximum absolute atomic E-state index is 12.8. The quantitative estimate of drug-likeness (QED) is 0.708. The summed E-state index contributed by atoms with van der Waals surface area (Å²) in [5, 5.41) is 2.88. The molecule has 1 fully saturated rings. The van der Waals surface area contributed by atoms with E-state index in [0.717, 1.165) is 18.5 Å². The first-order valence-corrected chi connectivity index (χ1v) is 10.4. The van der Waals surface area contributed by atoms with Crippen LogP contribution in [-0.2, 0) is 4.79 Å². The van der Waals surface area contributed by atoms with Gasteiger partial charge in [-0.3, -0.25) is 14.4 Å². The average molecular weight is 428 g/mol. The van der Waals surface area contributed by atoms with E-state index in [0.29, 0.717) is 43.1 Å². The monoisotopic (exact) mass is 427 g/mol. The fourth-order valence-electron chi connectivity index (χ4n) is 3.83. The Morgan fingerprint density at radius 2 is 1.87 bits per heavy atom. The first-order chi connectivity index (χ1) is 14.9. The normalized spacial score (nSPS) is 16.0. The van der Waals surface area contributed by atoms with Crippen LogP contribution in [0.25, 0.3) is 0 Å². The number of ether oxygens (including phenoxy) is 2. The van der Waals surface area contributed by atoms with Crippen molar-refractivity contribution in [2.24, 2.45) is 5.92 Å². The number of aryl methyl sites for hydroxylation is 1. The van der Waals surface area contributed by atoms with Crippen LogP contribution in [0.1, 0.15) is 41.7 Å². The summed E-state index contributed by atoms with van der Waals surface area (Å²) in [7, 11) is 3.11. The van der Waals surface area contributed by atoms with Crippen LogP contribution < -0.4 is 20.3 Å². The molecule has 1 aliphatic rings. The molecular weight excluding hydrogens is 398 g/mol. The van der Waals surface area contributed by atoms with Crippen molar-refractivity contribution in [3.8, 4) is 11.5 Å². The van der Waals surface area contributed by atoms with Crippen molar-refractivity contribution in [3.05, 3.63) is 51.9 Å². The lowest BCUT2D eigenvalue weighted by Crippen LogP contribution is -2.42. The smallest absolute Gasteiger partial charge is 0.260 e. The summed E-state index contributed by atoms with van der Waals surface area (Å²) in [6.45, 7) is 2.95. The minimum absolute atomic E-state index is 0.103. The van der Waals surface area contributed by atoms with E-state index in [1.54, 1.807) is 56.4 Å². The van der Waals surface area contributed by atoms with E-state index in [9.17, 15) is 14.4 Å². The molecule has 1 unspecified atom stereocenters. The molecular formula is C23H29N3O5. The van der Waals surface area contributed by atoms with Crippen molar-refractivity contribution in [1.29, 1.82) is 0 Å². The summed E-state index contributed by atoms with van der Waals surface area (Å²) in [6.07, 6.45) is 2.82. The van der Waals surface area contributed by atoms with E-state index in [-0.39, 0.29) is 28.9 Å². The van der Waals surface area contributed by atoms with Gasteiger partial charge in [-0.1, -0.05) is 0 Å². The van der Waals surface area contributed by atoms with Crippen LogP contribution in [0.3, 0.4) is 0 Å². The Morgan fingerprint density at radius 1 is 1.16 bits per heavy atom. The molecule has 1 atom stereocenters. The van der Waals surface area contributed by atoms with Crippen molar-refractivity contribution >= 4 is 17.5 Å². The Bertz CT molecular complexity index is 979. The highest BCUT2D eigenvalue weighted by molar-refractivity contribution is 5.94. The lowest BCUT2D eigenvalue weighted by Gasteiger charge is -2.32. The Balaban J connectivity index is 1.55. The van der Waals surface area contributed by atoms with Gasteiger partial charge in [0.1, 0.15) is 17.1 Å². The summed E-state index contributed by atoms with van der Waals surface area (Å²) in [6, 6.07) is 8.52. The molecule has 2 amide bonds. The van der Waals surface area contributed by atoms with E-state index < -0.39 is 0 Å². The number of benzene rings is 1. The van der Waals surface area contributed by atoms with Crippen LogP contribution in [0.2, 0.25) is 0 Å². The number of carbonyl (C=O) groups is 2. The number of aromatic amines is 1. The van der Waals surface area contributed by atoms with Crippen molar-refractivity contribution in [1.82, 2.24) is 9.88 Å². The molecule has 2 aromatic rings. The van der Waals surface area contributed by atoms with Crippen molar-refractivity contribution in [2.45, 2.75) is 32.6 Å². The molecule has 0 aliphatic carbocycles. The minimum atomic E-state index is -0.361. The fraction of sp³-hybridized carbons (Fsp3) is 0.435. The van der Waals surface area contributed by atoms with Gasteiger partial charge in [-0.2, -0.15) is 0 Å². The number of aromatic nitrogens is 1. The zero-order chi connectivity index (χ0) is 22.4. The number of nitrogens with zero attached hydrogens (tertiary/aromatic N) is 1. The summed E-state index contributed by atoms with van der Waals surface area (Å²) < 4.78 is 10.5. The number of hydrogen-bond acceptors (Lipinski definition) is 5. The third-order valence-electron chi connectivity index (χ3n) is 5.51. The molecule has 2 heterocycles. The van der Waals surface area contributed by atoms with Crippen molar-refractivity contribution in [2.75, 3.05) is 32.6 Å². The van der Waals surface area contributed by atoms with Crippen molar-refractivity contribution < 1.29 is 19.1 Å². The van der Waals surface area contributed by atoms with Gasteiger partial charge in [0.05, 0.1) is 14.2 Å². The second-order valence-corrected chi connectivity index (χ2v) is 7.83. The molecule has 1 aromatic heterocycles. The highest BCUT2D eigenvalue weighted by Gasteiger charge is 2.26. The number of pyridine rings is 1. The molecule has 166 valence electrons.